The molecule has 0 radical (unpaired) electrons. The number of aldehydes is 1. The van der Waals surface area contributed by atoms with Crippen LogP contribution in [0.4, 0.5) is 0 Å². The van der Waals surface area contributed by atoms with Crippen molar-refractivity contribution >= 4 is 6.29 Å². The van der Waals surface area contributed by atoms with Gasteiger partial charge < -0.3 is 4.79 Å². The van der Waals surface area contributed by atoms with Crippen molar-refractivity contribution in [3.8, 4) is 0 Å². The van der Waals surface area contributed by atoms with Crippen molar-refractivity contribution in [2.45, 2.75) is 38.9 Å². The molecule has 0 aromatic heterocycles. The molecule has 0 heterocycles. The van der Waals surface area contributed by atoms with E-state index in [1.165, 1.54) is 11.1 Å². The van der Waals surface area contributed by atoms with E-state index >= 15 is 0 Å². The minimum absolute atomic E-state index is 0.0181. The molecule has 0 spiro atoms. The van der Waals surface area contributed by atoms with Crippen molar-refractivity contribution in [2.24, 2.45) is 0 Å². The normalized spacial score (nSPS) is 12.3. The molecule has 0 saturated carbocycles. The van der Waals surface area contributed by atoms with Crippen LogP contribution in [0.5, 0.6) is 0 Å². The fourth-order valence-corrected chi connectivity index (χ4v) is 2.56. The van der Waals surface area contributed by atoms with Crippen LogP contribution in [-0.2, 0) is 17.9 Å². The third kappa shape index (κ3) is 4.83. The van der Waals surface area contributed by atoms with Gasteiger partial charge in [0.15, 0.2) is 0 Å². The molecule has 21 heavy (non-hydrogen) atoms. The Morgan fingerprint density at radius 3 is 1.76 bits per heavy atom. The number of hydrogen-bond donors (Lipinski definition) is 0. The van der Waals surface area contributed by atoms with Crippen molar-refractivity contribution in [2.75, 3.05) is 0 Å². The van der Waals surface area contributed by atoms with Gasteiger partial charge >= 0.3 is 0 Å². The lowest BCUT2D eigenvalue weighted by molar-refractivity contribution is -0.113. The zero-order valence-corrected chi connectivity index (χ0v) is 12.6. The smallest absolute Gasteiger partial charge is 0.137 e. The van der Waals surface area contributed by atoms with Crippen LogP contribution < -0.4 is 0 Å². The molecule has 2 nitrogen and oxygen atoms in total. The van der Waals surface area contributed by atoms with Gasteiger partial charge in [0.1, 0.15) is 6.29 Å². The van der Waals surface area contributed by atoms with Gasteiger partial charge in [-0.25, -0.2) is 0 Å². The minimum atomic E-state index is -0.0181. The Hall–Kier alpha value is -1.93. The summed E-state index contributed by atoms with van der Waals surface area (Å²) in [6, 6.07) is 20.7. The summed E-state index contributed by atoms with van der Waals surface area (Å²) in [5, 5.41) is 0. The van der Waals surface area contributed by atoms with Crippen LogP contribution in [0.25, 0.3) is 0 Å². The quantitative estimate of drug-likeness (QED) is 0.680. The van der Waals surface area contributed by atoms with Gasteiger partial charge in [0.25, 0.3) is 0 Å². The SMILES string of the molecule is CCC[C@H](C=O)N(Cc1ccccc1)Cc1ccccc1. The lowest BCUT2D eigenvalue weighted by atomic mass is 10.1. The fraction of sp³-hybridized carbons (Fsp3) is 0.316. The molecule has 0 saturated heterocycles. The Kier molecular flexibility index (Phi) is 6.17. The molecule has 0 unspecified atom stereocenters. The van der Waals surface area contributed by atoms with Gasteiger partial charge in [-0.15, -0.1) is 0 Å². The largest absolute Gasteiger partial charge is 0.302 e. The van der Waals surface area contributed by atoms with Crippen LogP contribution in [0.3, 0.4) is 0 Å². The third-order valence-corrected chi connectivity index (χ3v) is 3.67. The second-order valence-electron chi connectivity index (χ2n) is 5.37. The van der Waals surface area contributed by atoms with Crippen LogP contribution in [0.15, 0.2) is 60.7 Å². The highest BCUT2D eigenvalue weighted by Gasteiger charge is 2.17. The van der Waals surface area contributed by atoms with Crippen molar-refractivity contribution in [1.29, 1.82) is 0 Å². The average molecular weight is 281 g/mol. The number of hydrogen-bond acceptors (Lipinski definition) is 2. The fourth-order valence-electron chi connectivity index (χ4n) is 2.56. The molecular weight excluding hydrogens is 258 g/mol. The maximum atomic E-state index is 11.5. The van der Waals surface area contributed by atoms with Crippen LogP contribution >= 0.6 is 0 Å². The van der Waals surface area contributed by atoms with Gasteiger partial charge in [-0.3, -0.25) is 4.90 Å². The summed E-state index contributed by atoms with van der Waals surface area (Å²) in [6.07, 6.45) is 3.02. The Morgan fingerprint density at radius 1 is 0.905 bits per heavy atom. The summed E-state index contributed by atoms with van der Waals surface area (Å²) < 4.78 is 0. The van der Waals surface area contributed by atoms with E-state index in [0.717, 1.165) is 32.2 Å². The van der Waals surface area contributed by atoms with Gasteiger partial charge in [0.05, 0.1) is 6.04 Å². The number of carbonyl (C=O) groups excluding carboxylic acids is 1. The second kappa shape index (κ2) is 8.38. The van der Waals surface area contributed by atoms with Crippen molar-refractivity contribution in [3.05, 3.63) is 71.8 Å². The summed E-state index contributed by atoms with van der Waals surface area (Å²) in [6.45, 7) is 3.73. The topological polar surface area (TPSA) is 20.3 Å². The van der Waals surface area contributed by atoms with Crippen molar-refractivity contribution in [3.63, 3.8) is 0 Å². The first-order chi connectivity index (χ1) is 10.3. The molecule has 0 aliphatic rings. The van der Waals surface area contributed by atoms with Crippen LogP contribution in [-0.4, -0.2) is 17.2 Å². The minimum Gasteiger partial charge on any atom is -0.302 e. The molecule has 0 N–H and O–H groups in total. The first-order valence-corrected chi connectivity index (χ1v) is 7.60. The Morgan fingerprint density at radius 2 is 1.38 bits per heavy atom. The maximum absolute atomic E-state index is 11.5. The molecular formula is C19H23NO. The first kappa shape index (κ1) is 15.5. The molecule has 2 heteroatoms. The summed E-state index contributed by atoms with van der Waals surface area (Å²) in [7, 11) is 0. The Bertz CT molecular complexity index is 482. The zero-order valence-electron chi connectivity index (χ0n) is 12.6. The average Bonchev–Trinajstić information content (AvgIpc) is 2.54. The van der Waals surface area contributed by atoms with E-state index in [1.807, 2.05) is 36.4 Å². The molecule has 1 atom stereocenters. The first-order valence-electron chi connectivity index (χ1n) is 7.60. The monoisotopic (exact) mass is 281 g/mol. The van der Waals surface area contributed by atoms with Gasteiger partial charge in [0, 0.05) is 13.1 Å². The summed E-state index contributed by atoms with van der Waals surface area (Å²) in [5.74, 6) is 0. The van der Waals surface area contributed by atoms with E-state index in [4.69, 9.17) is 0 Å². The van der Waals surface area contributed by atoms with Crippen LogP contribution in [0, 0.1) is 0 Å². The lowest BCUT2D eigenvalue weighted by Gasteiger charge is -2.28. The van der Waals surface area contributed by atoms with Gasteiger partial charge in [-0.05, 0) is 17.5 Å². The molecule has 2 aromatic rings. The number of benzene rings is 2. The Balaban J connectivity index is 2.15. The standard InChI is InChI=1S/C19H23NO/c1-2-9-19(16-21)20(14-17-10-5-3-6-11-17)15-18-12-7-4-8-13-18/h3-8,10-13,16,19H,2,9,14-15H2,1H3/t19-/m1/s1. The number of rotatable bonds is 8. The highest BCUT2D eigenvalue weighted by molar-refractivity contribution is 5.57. The van der Waals surface area contributed by atoms with E-state index in [1.54, 1.807) is 0 Å². The van der Waals surface area contributed by atoms with E-state index in [-0.39, 0.29) is 6.04 Å². The molecule has 2 aromatic carbocycles. The summed E-state index contributed by atoms with van der Waals surface area (Å²) >= 11 is 0. The lowest BCUT2D eigenvalue weighted by Crippen LogP contribution is -2.35. The van der Waals surface area contributed by atoms with E-state index < -0.39 is 0 Å². The van der Waals surface area contributed by atoms with Crippen LogP contribution in [0.2, 0.25) is 0 Å². The zero-order chi connectivity index (χ0) is 14.9. The highest BCUT2D eigenvalue weighted by Crippen LogP contribution is 2.15. The molecule has 0 bridgehead atoms. The molecule has 0 fully saturated rings. The van der Waals surface area contributed by atoms with Gasteiger partial charge in [-0.1, -0.05) is 74.0 Å². The van der Waals surface area contributed by atoms with Crippen LogP contribution in [0.1, 0.15) is 30.9 Å². The van der Waals surface area contributed by atoms with Gasteiger partial charge in [-0.2, -0.15) is 0 Å². The Labute approximate surface area is 127 Å². The highest BCUT2D eigenvalue weighted by atomic mass is 16.1. The summed E-state index contributed by atoms with van der Waals surface area (Å²) in [4.78, 5) is 13.7. The predicted molar refractivity (Wildman–Crippen MR) is 86.9 cm³/mol. The van der Waals surface area contributed by atoms with Crippen molar-refractivity contribution in [1.82, 2.24) is 4.90 Å². The maximum Gasteiger partial charge on any atom is 0.137 e. The second-order valence-corrected chi connectivity index (χ2v) is 5.37. The molecule has 2 rings (SSSR count). The molecule has 0 aliphatic heterocycles. The molecule has 0 amide bonds. The number of nitrogens with zero attached hydrogens (tertiary/aromatic N) is 1. The third-order valence-electron chi connectivity index (χ3n) is 3.67. The van der Waals surface area contributed by atoms with E-state index in [9.17, 15) is 4.79 Å². The van der Waals surface area contributed by atoms with Gasteiger partial charge in [0.2, 0.25) is 0 Å². The predicted octanol–water partition coefficient (Wildman–Crippen LogP) is 4.06. The molecule has 0 aliphatic carbocycles. The van der Waals surface area contributed by atoms with E-state index in [0.29, 0.717) is 0 Å². The summed E-state index contributed by atoms with van der Waals surface area (Å²) in [5.41, 5.74) is 2.49. The van der Waals surface area contributed by atoms with Crippen molar-refractivity contribution < 1.29 is 4.79 Å². The number of carbonyl (C=O) groups is 1. The van der Waals surface area contributed by atoms with E-state index in [2.05, 4.69) is 36.1 Å². The molecule has 110 valence electrons.